The summed E-state index contributed by atoms with van der Waals surface area (Å²) in [4.78, 5) is 28.7. The fourth-order valence-corrected chi connectivity index (χ4v) is 8.43. The molecule has 2 aliphatic heterocycles. The minimum absolute atomic E-state index is 0.216. The van der Waals surface area contributed by atoms with Crippen LogP contribution in [-0.4, -0.2) is 23.3 Å². The van der Waals surface area contributed by atoms with E-state index in [9.17, 15) is 9.59 Å². The molecule has 2 aromatic rings. The summed E-state index contributed by atoms with van der Waals surface area (Å²) >= 11 is 3.77. The monoisotopic (exact) mass is 688 g/mol. The molecule has 262 valence electrons. The molecular formula is C42H60N2O2S2. The minimum atomic E-state index is -0.216. The van der Waals surface area contributed by atoms with E-state index in [-0.39, 0.29) is 11.8 Å². The molecule has 0 atom stereocenters. The topological polar surface area (TPSA) is 58.2 Å². The first kappa shape index (κ1) is 38.4. The van der Waals surface area contributed by atoms with E-state index < -0.39 is 0 Å². The van der Waals surface area contributed by atoms with Gasteiger partial charge in [0.05, 0.1) is 22.5 Å². The molecule has 2 aliphatic rings. The van der Waals surface area contributed by atoms with Crippen LogP contribution < -0.4 is 10.6 Å². The number of fused-ring (bicyclic) bond motifs is 1. The standard InChI is InChI=1S/C42H60N2O2S2/c1-3-5-7-9-11-13-15-17-19-21-31-47-35-27-23-33(24-28-35)39-37-38(42(46)43-39)40(44-41(37)45)34-25-29-36(30-26-34)48-32-22-20-18-16-14-12-10-8-6-4-2/h23-30H,3-22,31-32H2,1-2H3,(H,43,46)(H,44,45). The second kappa shape index (κ2) is 22.3. The first-order chi connectivity index (χ1) is 23.6. The van der Waals surface area contributed by atoms with Gasteiger partial charge in [-0.15, -0.1) is 23.5 Å². The fourth-order valence-electron chi connectivity index (χ4n) is 6.61. The van der Waals surface area contributed by atoms with E-state index in [0.29, 0.717) is 22.5 Å². The predicted molar refractivity (Wildman–Crippen MR) is 208 cm³/mol. The molecule has 2 amide bonds. The summed E-state index contributed by atoms with van der Waals surface area (Å²) in [6.07, 6.45) is 27.1. The highest BCUT2D eigenvalue weighted by Crippen LogP contribution is 2.38. The maximum Gasteiger partial charge on any atom is 0.258 e. The van der Waals surface area contributed by atoms with Gasteiger partial charge in [0.1, 0.15) is 0 Å². The molecule has 0 radical (unpaired) electrons. The summed E-state index contributed by atoms with van der Waals surface area (Å²) in [5.74, 6) is 1.81. The van der Waals surface area contributed by atoms with Crippen LogP contribution in [0.15, 0.2) is 69.5 Å². The maximum atomic E-state index is 13.1. The lowest BCUT2D eigenvalue weighted by Gasteiger charge is -2.09. The molecule has 0 aromatic heterocycles. The van der Waals surface area contributed by atoms with Gasteiger partial charge in [0.25, 0.3) is 11.8 Å². The van der Waals surface area contributed by atoms with Crippen molar-refractivity contribution in [2.24, 2.45) is 0 Å². The van der Waals surface area contributed by atoms with Crippen molar-refractivity contribution in [3.05, 3.63) is 70.8 Å². The first-order valence-corrected chi connectivity index (χ1v) is 21.2. The Balaban J connectivity index is 1.20. The van der Waals surface area contributed by atoms with Crippen molar-refractivity contribution in [3.63, 3.8) is 0 Å². The quantitative estimate of drug-likeness (QED) is 0.0763. The Morgan fingerprint density at radius 2 is 0.708 bits per heavy atom. The highest BCUT2D eigenvalue weighted by atomic mass is 32.2. The molecule has 2 aromatic carbocycles. The van der Waals surface area contributed by atoms with Crippen molar-refractivity contribution < 1.29 is 9.59 Å². The number of thioether (sulfide) groups is 2. The smallest absolute Gasteiger partial charge is 0.258 e. The molecule has 4 rings (SSSR count). The highest BCUT2D eigenvalue weighted by molar-refractivity contribution is 7.99. The van der Waals surface area contributed by atoms with Gasteiger partial charge in [-0.2, -0.15) is 0 Å². The number of benzene rings is 2. The third-order valence-corrected chi connectivity index (χ3v) is 11.7. The molecule has 0 fully saturated rings. The molecular weight excluding hydrogens is 629 g/mol. The molecule has 0 bridgehead atoms. The Bertz CT molecular complexity index is 1230. The summed E-state index contributed by atoms with van der Waals surface area (Å²) < 4.78 is 0. The molecule has 0 aliphatic carbocycles. The molecule has 0 unspecified atom stereocenters. The van der Waals surface area contributed by atoms with Crippen LogP contribution in [0.3, 0.4) is 0 Å². The van der Waals surface area contributed by atoms with E-state index in [1.54, 1.807) is 0 Å². The fraction of sp³-hybridized carbons (Fsp3) is 0.571. The predicted octanol–water partition coefficient (Wildman–Crippen LogP) is 12.1. The molecule has 0 saturated heterocycles. The number of hydrogen-bond donors (Lipinski definition) is 2. The Kier molecular flexibility index (Phi) is 17.8. The van der Waals surface area contributed by atoms with Gasteiger partial charge < -0.3 is 10.6 Å². The zero-order valence-corrected chi connectivity index (χ0v) is 31.4. The van der Waals surface area contributed by atoms with E-state index >= 15 is 0 Å². The van der Waals surface area contributed by atoms with Gasteiger partial charge in [0.2, 0.25) is 0 Å². The largest absolute Gasteiger partial charge is 0.321 e. The van der Waals surface area contributed by atoms with Crippen molar-refractivity contribution in [1.29, 1.82) is 0 Å². The van der Waals surface area contributed by atoms with Crippen LogP contribution in [-0.2, 0) is 9.59 Å². The number of hydrogen-bond acceptors (Lipinski definition) is 4. The average Bonchev–Trinajstić information content (AvgIpc) is 3.64. The number of carbonyl (C=O) groups is 2. The van der Waals surface area contributed by atoms with Crippen molar-refractivity contribution in [2.75, 3.05) is 11.5 Å². The van der Waals surface area contributed by atoms with Crippen LogP contribution in [0.25, 0.3) is 11.4 Å². The van der Waals surface area contributed by atoms with Gasteiger partial charge in [-0.25, -0.2) is 0 Å². The summed E-state index contributed by atoms with van der Waals surface area (Å²) in [7, 11) is 0. The summed E-state index contributed by atoms with van der Waals surface area (Å²) in [5.41, 5.74) is 3.87. The third kappa shape index (κ3) is 12.5. The Hall–Kier alpha value is -2.44. The number of unbranched alkanes of at least 4 members (excludes halogenated alkanes) is 18. The van der Waals surface area contributed by atoms with Gasteiger partial charge in [-0.1, -0.05) is 154 Å². The average molecular weight is 689 g/mol. The first-order valence-electron chi connectivity index (χ1n) is 19.2. The number of rotatable bonds is 26. The van der Waals surface area contributed by atoms with Crippen LogP contribution in [0.4, 0.5) is 0 Å². The molecule has 2 N–H and O–H groups in total. The van der Waals surface area contributed by atoms with E-state index in [1.165, 1.54) is 138 Å². The SMILES string of the molecule is CCCCCCCCCCCCSc1ccc(C2=C3C(=O)NC(c4ccc(SCCCCCCCCCCCC)cc4)=C3C(=O)N2)cc1. The molecule has 6 heteroatoms. The summed E-state index contributed by atoms with van der Waals surface area (Å²) in [6.45, 7) is 4.55. The molecule has 2 heterocycles. The van der Waals surface area contributed by atoms with Crippen LogP contribution in [0.5, 0.6) is 0 Å². The second-order valence-electron chi connectivity index (χ2n) is 13.5. The van der Waals surface area contributed by atoms with Gasteiger partial charge in [-0.3, -0.25) is 9.59 Å². The lowest BCUT2D eigenvalue weighted by atomic mass is 10.0. The molecule has 48 heavy (non-hydrogen) atoms. The van der Waals surface area contributed by atoms with Gasteiger partial charge in [-0.05, 0) is 59.7 Å². The highest BCUT2D eigenvalue weighted by Gasteiger charge is 2.40. The van der Waals surface area contributed by atoms with Gasteiger partial charge >= 0.3 is 0 Å². The van der Waals surface area contributed by atoms with Crippen molar-refractivity contribution in [1.82, 2.24) is 10.6 Å². The second-order valence-corrected chi connectivity index (χ2v) is 15.9. The number of amides is 2. The van der Waals surface area contributed by atoms with Crippen molar-refractivity contribution in [2.45, 2.75) is 152 Å². The van der Waals surface area contributed by atoms with Crippen LogP contribution in [0, 0.1) is 0 Å². The summed E-state index contributed by atoms with van der Waals surface area (Å²) in [5, 5.41) is 6.00. The molecule has 0 spiro atoms. The minimum Gasteiger partial charge on any atom is -0.321 e. The van der Waals surface area contributed by atoms with Crippen LogP contribution in [0.1, 0.15) is 153 Å². The molecule has 4 nitrogen and oxygen atoms in total. The van der Waals surface area contributed by atoms with Gasteiger partial charge in [0.15, 0.2) is 0 Å². The Morgan fingerprint density at radius 3 is 1.02 bits per heavy atom. The number of nitrogens with one attached hydrogen (secondary N) is 2. The zero-order valence-electron chi connectivity index (χ0n) is 29.8. The third-order valence-electron chi connectivity index (χ3n) is 9.50. The van der Waals surface area contributed by atoms with Crippen molar-refractivity contribution in [3.8, 4) is 0 Å². The Labute approximate surface area is 300 Å². The zero-order chi connectivity index (χ0) is 33.8. The van der Waals surface area contributed by atoms with Crippen LogP contribution >= 0.6 is 23.5 Å². The lowest BCUT2D eigenvalue weighted by Crippen LogP contribution is -2.21. The van der Waals surface area contributed by atoms with E-state index in [0.717, 1.165) is 22.6 Å². The summed E-state index contributed by atoms with van der Waals surface area (Å²) in [6, 6.07) is 16.5. The normalized spacial score (nSPS) is 14.2. The van der Waals surface area contributed by atoms with E-state index in [1.807, 2.05) is 47.8 Å². The van der Waals surface area contributed by atoms with Crippen molar-refractivity contribution >= 4 is 46.7 Å². The van der Waals surface area contributed by atoms with E-state index in [4.69, 9.17) is 0 Å². The van der Waals surface area contributed by atoms with Gasteiger partial charge in [0, 0.05) is 9.79 Å². The van der Waals surface area contributed by atoms with Crippen LogP contribution in [0.2, 0.25) is 0 Å². The maximum absolute atomic E-state index is 13.1. The number of carbonyl (C=O) groups excluding carboxylic acids is 2. The lowest BCUT2D eigenvalue weighted by molar-refractivity contribution is -0.117. The Morgan fingerprint density at radius 1 is 0.417 bits per heavy atom. The van der Waals surface area contributed by atoms with E-state index in [2.05, 4.69) is 48.7 Å². The molecule has 0 saturated carbocycles.